The standard InChI is InChI=1S/C27H27N3O3S.ClH/c1-4-33-22-11-8-12-23-24(22)28-27(34-23)30(18-17-29(2)3)26(32)21-15-13-20(14-16-21)25(31)19-9-6-5-7-10-19;/h5-16H,4,17-18H2,1-3H3;1H. The van der Waals surface area contributed by atoms with Crippen molar-refractivity contribution in [2.75, 3.05) is 38.7 Å². The molecule has 3 aromatic carbocycles. The number of thiazole rings is 1. The van der Waals surface area contributed by atoms with Gasteiger partial charge in [-0.25, -0.2) is 4.98 Å². The van der Waals surface area contributed by atoms with Crippen molar-refractivity contribution < 1.29 is 14.3 Å². The summed E-state index contributed by atoms with van der Waals surface area (Å²) >= 11 is 1.47. The minimum Gasteiger partial charge on any atom is -0.492 e. The second kappa shape index (κ2) is 11.9. The number of aromatic nitrogens is 1. The van der Waals surface area contributed by atoms with Crippen LogP contribution in [-0.2, 0) is 0 Å². The topological polar surface area (TPSA) is 62.7 Å². The van der Waals surface area contributed by atoms with Gasteiger partial charge in [0, 0.05) is 29.8 Å². The maximum Gasteiger partial charge on any atom is 0.260 e. The summed E-state index contributed by atoms with van der Waals surface area (Å²) in [5, 5.41) is 0.624. The average molecular weight is 510 g/mol. The highest BCUT2D eigenvalue weighted by Gasteiger charge is 2.23. The van der Waals surface area contributed by atoms with Crippen molar-refractivity contribution in [2.45, 2.75) is 6.92 Å². The number of halogens is 1. The molecule has 0 atom stereocenters. The lowest BCUT2D eigenvalue weighted by atomic mass is 10.0. The first-order valence-corrected chi connectivity index (χ1v) is 12.0. The summed E-state index contributed by atoms with van der Waals surface area (Å²) in [5.74, 6) is 0.488. The van der Waals surface area contributed by atoms with E-state index in [-0.39, 0.29) is 24.1 Å². The van der Waals surface area contributed by atoms with Crippen LogP contribution in [0.5, 0.6) is 5.75 Å². The van der Waals surface area contributed by atoms with Gasteiger partial charge in [-0.2, -0.15) is 0 Å². The van der Waals surface area contributed by atoms with E-state index in [1.165, 1.54) is 11.3 Å². The monoisotopic (exact) mass is 509 g/mol. The number of fused-ring (bicyclic) bond motifs is 1. The molecule has 4 aromatic rings. The van der Waals surface area contributed by atoms with Crippen molar-refractivity contribution >= 4 is 50.8 Å². The number of hydrogen-bond donors (Lipinski definition) is 0. The molecule has 8 heteroatoms. The zero-order valence-electron chi connectivity index (χ0n) is 19.9. The summed E-state index contributed by atoms with van der Waals surface area (Å²) in [5.41, 5.74) is 2.43. The molecule has 1 heterocycles. The molecule has 35 heavy (non-hydrogen) atoms. The van der Waals surface area contributed by atoms with E-state index < -0.39 is 0 Å². The van der Waals surface area contributed by atoms with E-state index in [4.69, 9.17) is 9.72 Å². The van der Waals surface area contributed by atoms with Crippen LogP contribution in [0, 0.1) is 0 Å². The second-order valence-corrected chi connectivity index (χ2v) is 9.07. The minimum atomic E-state index is -0.155. The Morgan fingerprint density at radius 1 is 0.857 bits per heavy atom. The Labute approximate surface area is 215 Å². The third kappa shape index (κ3) is 6.06. The maximum absolute atomic E-state index is 13.6. The van der Waals surface area contributed by atoms with Gasteiger partial charge < -0.3 is 9.64 Å². The molecule has 1 amide bonds. The highest BCUT2D eigenvalue weighted by atomic mass is 35.5. The number of likely N-dealkylation sites (N-methyl/N-ethyl adjacent to an activating group) is 1. The number of ketones is 1. The third-order valence-electron chi connectivity index (χ3n) is 5.35. The van der Waals surface area contributed by atoms with E-state index in [1.54, 1.807) is 41.3 Å². The summed E-state index contributed by atoms with van der Waals surface area (Å²) in [6.07, 6.45) is 0. The van der Waals surface area contributed by atoms with Gasteiger partial charge in [0.1, 0.15) is 11.3 Å². The molecule has 0 radical (unpaired) electrons. The molecule has 0 aliphatic carbocycles. The van der Waals surface area contributed by atoms with E-state index in [1.807, 2.05) is 62.3 Å². The van der Waals surface area contributed by atoms with Gasteiger partial charge in [0.15, 0.2) is 10.9 Å². The van der Waals surface area contributed by atoms with Crippen molar-refractivity contribution in [3.63, 3.8) is 0 Å². The first-order valence-electron chi connectivity index (χ1n) is 11.2. The highest BCUT2D eigenvalue weighted by Crippen LogP contribution is 2.34. The van der Waals surface area contributed by atoms with E-state index in [9.17, 15) is 9.59 Å². The molecular weight excluding hydrogens is 482 g/mol. The Morgan fingerprint density at radius 2 is 1.51 bits per heavy atom. The summed E-state index contributed by atoms with van der Waals surface area (Å²) in [4.78, 5) is 34.8. The maximum atomic E-state index is 13.6. The third-order valence-corrected chi connectivity index (χ3v) is 6.39. The van der Waals surface area contributed by atoms with Gasteiger partial charge in [-0.15, -0.1) is 12.4 Å². The van der Waals surface area contributed by atoms with Crippen molar-refractivity contribution in [1.29, 1.82) is 0 Å². The molecule has 0 N–H and O–H groups in total. The van der Waals surface area contributed by atoms with Crippen LogP contribution in [-0.4, -0.2) is 55.4 Å². The van der Waals surface area contributed by atoms with Gasteiger partial charge in [-0.05, 0) is 45.3 Å². The van der Waals surface area contributed by atoms with Crippen LogP contribution in [0.4, 0.5) is 5.13 Å². The molecule has 0 aliphatic heterocycles. The molecule has 0 aliphatic rings. The van der Waals surface area contributed by atoms with Crippen LogP contribution < -0.4 is 9.64 Å². The Hall–Kier alpha value is -3.26. The number of amides is 1. The Kier molecular flexibility index (Phi) is 8.98. The number of ether oxygens (including phenoxy) is 1. The summed E-state index contributed by atoms with van der Waals surface area (Å²) < 4.78 is 6.69. The number of hydrogen-bond acceptors (Lipinski definition) is 6. The van der Waals surface area contributed by atoms with E-state index >= 15 is 0 Å². The Balaban J connectivity index is 0.00000342. The van der Waals surface area contributed by atoms with E-state index in [0.717, 1.165) is 10.2 Å². The molecule has 0 unspecified atom stereocenters. The normalized spacial score (nSPS) is 10.7. The fourth-order valence-electron chi connectivity index (χ4n) is 3.56. The summed E-state index contributed by atoms with van der Waals surface area (Å²) in [6.45, 7) is 3.65. The largest absolute Gasteiger partial charge is 0.492 e. The molecule has 6 nitrogen and oxygen atoms in total. The van der Waals surface area contributed by atoms with Crippen molar-refractivity contribution in [3.8, 4) is 5.75 Å². The van der Waals surface area contributed by atoms with Gasteiger partial charge in [-0.3, -0.25) is 14.5 Å². The van der Waals surface area contributed by atoms with Crippen LogP contribution in [0.25, 0.3) is 10.2 Å². The number of rotatable bonds is 9. The lowest BCUT2D eigenvalue weighted by Gasteiger charge is -2.22. The molecule has 182 valence electrons. The van der Waals surface area contributed by atoms with Gasteiger partial charge in [0.25, 0.3) is 5.91 Å². The van der Waals surface area contributed by atoms with E-state index in [2.05, 4.69) is 0 Å². The molecule has 4 rings (SSSR count). The molecular formula is C27H28ClN3O3S. The predicted molar refractivity (Wildman–Crippen MR) is 145 cm³/mol. The smallest absolute Gasteiger partial charge is 0.260 e. The van der Waals surface area contributed by atoms with Crippen LogP contribution in [0.1, 0.15) is 33.2 Å². The van der Waals surface area contributed by atoms with Crippen LogP contribution >= 0.6 is 23.7 Å². The van der Waals surface area contributed by atoms with Gasteiger partial charge >= 0.3 is 0 Å². The molecule has 0 bridgehead atoms. The Bertz CT molecular complexity index is 1290. The Morgan fingerprint density at radius 3 is 2.17 bits per heavy atom. The zero-order chi connectivity index (χ0) is 24.1. The SMILES string of the molecule is CCOc1cccc2sc(N(CCN(C)C)C(=O)c3ccc(C(=O)c4ccccc4)cc3)nc12.Cl. The van der Waals surface area contributed by atoms with Crippen LogP contribution in [0.15, 0.2) is 72.8 Å². The molecule has 0 saturated heterocycles. The average Bonchev–Trinajstić information content (AvgIpc) is 3.29. The van der Waals surface area contributed by atoms with Crippen molar-refractivity contribution in [3.05, 3.63) is 89.5 Å². The first-order chi connectivity index (χ1) is 16.5. The highest BCUT2D eigenvalue weighted by molar-refractivity contribution is 7.22. The van der Waals surface area contributed by atoms with Gasteiger partial charge in [0.2, 0.25) is 0 Å². The van der Waals surface area contributed by atoms with Crippen molar-refractivity contribution in [2.24, 2.45) is 0 Å². The predicted octanol–water partition coefficient (Wildman–Crippen LogP) is 5.56. The summed E-state index contributed by atoms with van der Waals surface area (Å²) in [7, 11) is 3.94. The van der Waals surface area contributed by atoms with Crippen LogP contribution in [0.2, 0.25) is 0 Å². The number of para-hydroxylation sites is 1. The second-order valence-electron chi connectivity index (χ2n) is 8.06. The molecule has 0 fully saturated rings. The number of benzene rings is 3. The number of nitrogens with zero attached hydrogens (tertiary/aromatic N) is 3. The molecule has 0 spiro atoms. The summed E-state index contributed by atoms with van der Waals surface area (Å²) in [6, 6.07) is 21.8. The number of carbonyl (C=O) groups is 2. The lowest BCUT2D eigenvalue weighted by molar-refractivity contribution is 0.0982. The van der Waals surface area contributed by atoms with Crippen molar-refractivity contribution in [1.82, 2.24) is 9.88 Å². The van der Waals surface area contributed by atoms with Crippen LogP contribution in [0.3, 0.4) is 0 Å². The zero-order valence-corrected chi connectivity index (χ0v) is 21.6. The van der Waals surface area contributed by atoms with Gasteiger partial charge in [-0.1, -0.05) is 59.9 Å². The molecule has 0 saturated carbocycles. The number of carbonyl (C=O) groups excluding carboxylic acids is 2. The van der Waals surface area contributed by atoms with E-state index in [0.29, 0.717) is 47.3 Å². The minimum absolute atomic E-state index is 0. The fourth-order valence-corrected chi connectivity index (χ4v) is 4.57. The fraction of sp³-hybridized carbons (Fsp3) is 0.222. The lowest BCUT2D eigenvalue weighted by Crippen LogP contribution is -2.36. The van der Waals surface area contributed by atoms with Gasteiger partial charge in [0.05, 0.1) is 11.3 Å². The number of anilines is 1. The first kappa shape index (κ1) is 26.3. The molecule has 1 aromatic heterocycles. The quantitative estimate of drug-likeness (QED) is 0.276.